The van der Waals surface area contributed by atoms with Crippen LogP contribution in [0.3, 0.4) is 0 Å². The average Bonchev–Trinajstić information content (AvgIpc) is 2.34. The van der Waals surface area contributed by atoms with E-state index < -0.39 is 5.97 Å². The van der Waals surface area contributed by atoms with Crippen molar-refractivity contribution in [2.45, 2.75) is 39.7 Å². The Morgan fingerprint density at radius 3 is 2.29 bits per heavy atom. The molecule has 0 aromatic carbocycles. The number of hydrogen-bond donors (Lipinski definition) is 2. The molecule has 21 heavy (non-hydrogen) atoms. The summed E-state index contributed by atoms with van der Waals surface area (Å²) in [7, 11) is 1.77. The quantitative estimate of drug-likeness (QED) is 0.600. The molecule has 2 amide bonds. The van der Waals surface area contributed by atoms with Crippen LogP contribution in [0.2, 0.25) is 0 Å². The zero-order chi connectivity index (χ0) is 16.4. The molecule has 0 heterocycles. The van der Waals surface area contributed by atoms with Crippen LogP contribution in [0.25, 0.3) is 0 Å². The minimum absolute atomic E-state index is 0.0463. The highest BCUT2D eigenvalue weighted by molar-refractivity contribution is 5.85. The molecule has 0 fully saturated rings. The van der Waals surface area contributed by atoms with Gasteiger partial charge in [0.2, 0.25) is 11.8 Å². The maximum Gasteiger partial charge on any atom is 0.303 e. The van der Waals surface area contributed by atoms with E-state index in [9.17, 15) is 14.4 Å². The third-order valence-electron chi connectivity index (χ3n) is 2.85. The number of likely N-dealkylation sites (N-methyl/N-ethyl adjacent to an activating group) is 2. The summed E-state index contributed by atoms with van der Waals surface area (Å²) in [6, 6.07) is 0.0463. The van der Waals surface area contributed by atoms with Gasteiger partial charge in [-0.15, -0.1) is 0 Å². The summed E-state index contributed by atoms with van der Waals surface area (Å²) in [6.45, 7) is 6.80. The van der Waals surface area contributed by atoms with Crippen LogP contribution in [-0.2, 0) is 14.4 Å². The first kappa shape index (κ1) is 19.4. The Balaban J connectivity index is 4.19. The lowest BCUT2D eigenvalue weighted by Crippen LogP contribution is -2.45. The van der Waals surface area contributed by atoms with Crippen molar-refractivity contribution in [1.29, 1.82) is 0 Å². The lowest BCUT2D eigenvalue weighted by atomic mass is 10.3. The van der Waals surface area contributed by atoms with Crippen molar-refractivity contribution in [3.63, 3.8) is 0 Å². The number of carbonyl (C=O) groups is 3. The first-order chi connectivity index (χ1) is 9.76. The van der Waals surface area contributed by atoms with E-state index in [1.165, 1.54) is 4.90 Å². The molecular formula is C14H27N3O4. The molecule has 0 atom stereocenters. The van der Waals surface area contributed by atoms with E-state index >= 15 is 0 Å². The fourth-order valence-corrected chi connectivity index (χ4v) is 1.83. The fraction of sp³-hybridized carbons (Fsp3) is 0.786. The molecule has 0 aromatic rings. The molecule has 0 aliphatic heterocycles. The maximum absolute atomic E-state index is 12.1. The number of carbonyl (C=O) groups excluding carboxylic acids is 2. The number of aliphatic carboxylic acids is 1. The lowest BCUT2D eigenvalue weighted by molar-refractivity contribution is -0.137. The molecule has 7 nitrogen and oxygen atoms in total. The van der Waals surface area contributed by atoms with Crippen LogP contribution in [0.4, 0.5) is 0 Å². The predicted octanol–water partition coefficient (Wildman–Crippen LogP) is 0.156. The van der Waals surface area contributed by atoms with Gasteiger partial charge in [0, 0.05) is 19.0 Å². The summed E-state index contributed by atoms with van der Waals surface area (Å²) in [5, 5.41) is 11.3. The average molecular weight is 301 g/mol. The molecule has 0 aliphatic rings. The lowest BCUT2D eigenvalue weighted by Gasteiger charge is -2.24. The van der Waals surface area contributed by atoms with Gasteiger partial charge in [0.1, 0.15) is 0 Å². The Morgan fingerprint density at radius 1 is 1.19 bits per heavy atom. The van der Waals surface area contributed by atoms with Crippen LogP contribution in [0.15, 0.2) is 0 Å². The smallest absolute Gasteiger partial charge is 0.303 e. The molecule has 0 spiro atoms. The second kappa shape index (κ2) is 10.1. The van der Waals surface area contributed by atoms with Crippen molar-refractivity contribution in [3.05, 3.63) is 0 Å². The van der Waals surface area contributed by atoms with Gasteiger partial charge in [-0.25, -0.2) is 0 Å². The van der Waals surface area contributed by atoms with Crippen molar-refractivity contribution in [1.82, 2.24) is 15.1 Å². The number of hydrogen-bond acceptors (Lipinski definition) is 4. The predicted molar refractivity (Wildman–Crippen MR) is 79.9 cm³/mol. The number of amides is 2. The minimum Gasteiger partial charge on any atom is -0.481 e. The Labute approximate surface area is 126 Å². The molecule has 0 aliphatic carbocycles. The van der Waals surface area contributed by atoms with Crippen molar-refractivity contribution in [2.75, 3.05) is 33.2 Å². The molecule has 0 saturated carbocycles. The highest BCUT2D eigenvalue weighted by Crippen LogP contribution is 1.97. The molecule has 0 rings (SSSR count). The third kappa shape index (κ3) is 9.84. The van der Waals surface area contributed by atoms with Gasteiger partial charge >= 0.3 is 5.97 Å². The van der Waals surface area contributed by atoms with Gasteiger partial charge in [-0.3, -0.25) is 19.3 Å². The van der Waals surface area contributed by atoms with Gasteiger partial charge in [0.05, 0.1) is 13.1 Å². The Hall–Kier alpha value is -1.63. The van der Waals surface area contributed by atoms with Gasteiger partial charge in [-0.2, -0.15) is 0 Å². The van der Waals surface area contributed by atoms with Crippen LogP contribution in [-0.4, -0.2) is 72.0 Å². The monoisotopic (exact) mass is 301 g/mol. The van der Waals surface area contributed by atoms with E-state index in [-0.39, 0.29) is 37.4 Å². The summed E-state index contributed by atoms with van der Waals surface area (Å²) in [5.74, 6) is -1.14. The van der Waals surface area contributed by atoms with Gasteiger partial charge in [0.25, 0.3) is 0 Å². The zero-order valence-electron chi connectivity index (χ0n) is 13.4. The van der Waals surface area contributed by atoms with Crippen LogP contribution in [0.5, 0.6) is 0 Å². The van der Waals surface area contributed by atoms with E-state index in [0.29, 0.717) is 19.5 Å². The van der Waals surface area contributed by atoms with Gasteiger partial charge in [0.15, 0.2) is 0 Å². The number of nitrogens with one attached hydrogen (secondary N) is 1. The maximum atomic E-state index is 12.1. The van der Waals surface area contributed by atoms with E-state index in [0.717, 1.165) is 0 Å². The van der Waals surface area contributed by atoms with Gasteiger partial charge in [-0.05, 0) is 40.8 Å². The number of rotatable bonds is 10. The van der Waals surface area contributed by atoms with Crippen LogP contribution in [0.1, 0.15) is 33.6 Å². The highest BCUT2D eigenvalue weighted by Gasteiger charge is 2.17. The number of carboxylic acids is 1. The second-order valence-electron chi connectivity index (χ2n) is 5.37. The van der Waals surface area contributed by atoms with Gasteiger partial charge < -0.3 is 15.3 Å². The normalized spacial score (nSPS) is 10.8. The molecule has 7 heteroatoms. The van der Waals surface area contributed by atoms with Crippen LogP contribution >= 0.6 is 0 Å². The summed E-state index contributed by atoms with van der Waals surface area (Å²) in [4.78, 5) is 37.5. The standard InChI is InChI=1S/C14H27N3O4/c1-5-17(9-12(18)15-11(2)3)13(19)10-16(4)8-6-7-14(20)21/h11H,5-10H2,1-4H3,(H,15,18)(H,20,21). The van der Waals surface area contributed by atoms with Crippen molar-refractivity contribution < 1.29 is 19.5 Å². The SMILES string of the molecule is CCN(CC(=O)NC(C)C)C(=O)CN(C)CCCC(=O)O. The van der Waals surface area contributed by atoms with Crippen LogP contribution < -0.4 is 5.32 Å². The molecular weight excluding hydrogens is 274 g/mol. The highest BCUT2D eigenvalue weighted by atomic mass is 16.4. The topological polar surface area (TPSA) is 90.0 Å². The third-order valence-corrected chi connectivity index (χ3v) is 2.85. The van der Waals surface area contributed by atoms with E-state index in [4.69, 9.17) is 5.11 Å². The Bertz CT molecular complexity index is 358. The first-order valence-electron chi connectivity index (χ1n) is 7.23. The largest absolute Gasteiger partial charge is 0.481 e. The molecule has 122 valence electrons. The van der Waals surface area contributed by atoms with Gasteiger partial charge in [-0.1, -0.05) is 0 Å². The molecule has 0 unspecified atom stereocenters. The Kier molecular flexibility index (Phi) is 9.36. The summed E-state index contributed by atoms with van der Waals surface area (Å²) in [5.41, 5.74) is 0. The molecule has 0 bridgehead atoms. The second-order valence-corrected chi connectivity index (χ2v) is 5.37. The van der Waals surface area contributed by atoms with Crippen molar-refractivity contribution in [2.24, 2.45) is 0 Å². The number of carboxylic acid groups (broad SMARTS) is 1. The zero-order valence-corrected chi connectivity index (χ0v) is 13.4. The summed E-state index contributed by atoms with van der Waals surface area (Å²) >= 11 is 0. The fourth-order valence-electron chi connectivity index (χ4n) is 1.83. The summed E-state index contributed by atoms with van der Waals surface area (Å²) in [6.07, 6.45) is 0.589. The number of nitrogens with zero attached hydrogens (tertiary/aromatic N) is 2. The molecule has 0 saturated heterocycles. The van der Waals surface area contributed by atoms with Crippen LogP contribution in [0, 0.1) is 0 Å². The summed E-state index contributed by atoms with van der Waals surface area (Å²) < 4.78 is 0. The van der Waals surface area contributed by atoms with E-state index in [1.807, 2.05) is 20.8 Å². The molecule has 0 aromatic heterocycles. The first-order valence-corrected chi connectivity index (χ1v) is 7.23. The molecule has 0 radical (unpaired) electrons. The minimum atomic E-state index is -0.838. The Morgan fingerprint density at radius 2 is 1.81 bits per heavy atom. The van der Waals surface area contributed by atoms with Crippen molar-refractivity contribution >= 4 is 17.8 Å². The van der Waals surface area contributed by atoms with E-state index in [1.54, 1.807) is 11.9 Å². The van der Waals surface area contributed by atoms with Crippen molar-refractivity contribution in [3.8, 4) is 0 Å². The van der Waals surface area contributed by atoms with E-state index in [2.05, 4.69) is 5.32 Å². The molecule has 2 N–H and O–H groups in total.